The van der Waals surface area contributed by atoms with E-state index >= 15 is 0 Å². The Labute approximate surface area is 325 Å². The first kappa shape index (κ1) is 32.2. The number of fused-ring (bicyclic) bond motifs is 7. The smallest absolute Gasteiger partial charge is 0.0434 e. The molecule has 0 spiro atoms. The Morgan fingerprint density at radius 1 is 0.382 bits per heavy atom. The fourth-order valence-corrected chi connectivity index (χ4v) is 11.1. The van der Waals surface area contributed by atoms with E-state index in [0.29, 0.717) is 0 Å². The van der Waals surface area contributed by atoms with Gasteiger partial charge in [-0.25, -0.2) is 0 Å². The zero-order valence-corrected chi connectivity index (χ0v) is 31.8. The molecule has 1 heteroatoms. The fourth-order valence-electron chi connectivity index (χ4n) is 9.78. The van der Waals surface area contributed by atoms with Gasteiger partial charge in [-0.3, -0.25) is 0 Å². The summed E-state index contributed by atoms with van der Waals surface area (Å²) in [7, 11) is 0. The lowest BCUT2D eigenvalue weighted by molar-refractivity contribution is 1.09. The van der Waals surface area contributed by atoms with E-state index in [1.54, 1.807) is 0 Å². The summed E-state index contributed by atoms with van der Waals surface area (Å²) in [5.41, 5.74) is 13.4. The molecule has 0 amide bonds. The standard InChI is InChI=1S/C54H38S/c1-33-17-14-18-34(2)48(33)53-42-27-12-10-25-40(42)50(41-26-11-13-28-43(41)53)44-29-16-32-47-52(44)46-31-15-30-45(54(46)55-47)51-38-23-8-6-21-36(38)49(35-19-4-3-5-20-35)37-22-7-9-24-39(37)51/h3-15,17-28,30-32H,16,29H2,1-2H3. The zero-order chi connectivity index (χ0) is 36.6. The van der Waals surface area contributed by atoms with Crippen molar-refractivity contribution >= 4 is 76.2 Å². The lowest BCUT2D eigenvalue weighted by Crippen LogP contribution is -2.25. The molecule has 1 aliphatic rings. The minimum atomic E-state index is 1.01. The summed E-state index contributed by atoms with van der Waals surface area (Å²) in [5, 5.41) is 13.3. The topological polar surface area (TPSA) is 0 Å². The third-order valence-corrected chi connectivity index (χ3v) is 13.2. The molecule has 0 N–H and O–H groups in total. The second-order valence-electron chi connectivity index (χ2n) is 15.1. The first-order chi connectivity index (χ1) is 27.2. The van der Waals surface area contributed by atoms with Crippen LogP contribution in [0.5, 0.6) is 0 Å². The molecule has 0 atom stereocenters. The Hall–Kier alpha value is -6.28. The van der Waals surface area contributed by atoms with Gasteiger partial charge in [0, 0.05) is 25.4 Å². The van der Waals surface area contributed by atoms with Crippen LogP contribution in [0.15, 0.2) is 164 Å². The number of hydrogen-bond donors (Lipinski definition) is 0. The van der Waals surface area contributed by atoms with Gasteiger partial charge in [0.25, 0.3) is 0 Å². The highest BCUT2D eigenvalue weighted by atomic mass is 32.1. The third kappa shape index (κ3) is 4.83. The van der Waals surface area contributed by atoms with E-state index in [2.05, 4.69) is 184 Å². The predicted molar refractivity (Wildman–Crippen MR) is 240 cm³/mol. The van der Waals surface area contributed by atoms with Crippen molar-refractivity contribution < 1.29 is 0 Å². The molecule has 260 valence electrons. The Morgan fingerprint density at radius 3 is 1.40 bits per heavy atom. The Kier molecular flexibility index (Phi) is 7.40. The van der Waals surface area contributed by atoms with Crippen molar-refractivity contribution in [2.24, 2.45) is 0 Å². The summed E-state index contributed by atoms with van der Waals surface area (Å²) in [5.74, 6) is 0. The summed E-state index contributed by atoms with van der Waals surface area (Å²) < 4.78 is 2.76. The molecule has 1 heterocycles. The maximum Gasteiger partial charge on any atom is 0.0434 e. The zero-order valence-electron chi connectivity index (χ0n) is 31.0. The second kappa shape index (κ2) is 12.7. The highest BCUT2D eigenvalue weighted by Gasteiger charge is 2.24. The molecule has 9 aromatic carbocycles. The van der Waals surface area contributed by atoms with Crippen LogP contribution < -0.4 is 9.75 Å². The lowest BCUT2D eigenvalue weighted by Gasteiger charge is -2.22. The van der Waals surface area contributed by atoms with Crippen molar-refractivity contribution in [1.29, 1.82) is 0 Å². The van der Waals surface area contributed by atoms with Crippen LogP contribution in [0.2, 0.25) is 0 Å². The fraction of sp³-hybridized carbons (Fsp3) is 0.0741. The highest BCUT2D eigenvalue weighted by Crippen LogP contribution is 2.47. The first-order valence-electron chi connectivity index (χ1n) is 19.4. The number of aryl methyl sites for hydroxylation is 2. The average molecular weight is 719 g/mol. The average Bonchev–Trinajstić information content (AvgIpc) is 3.62. The van der Waals surface area contributed by atoms with E-state index in [1.165, 1.54) is 119 Å². The molecule has 0 aliphatic heterocycles. The molecule has 55 heavy (non-hydrogen) atoms. The molecule has 10 aromatic rings. The summed E-state index contributed by atoms with van der Waals surface area (Å²) in [6.07, 6.45) is 4.54. The van der Waals surface area contributed by atoms with E-state index in [4.69, 9.17) is 0 Å². The van der Waals surface area contributed by atoms with Gasteiger partial charge in [-0.2, -0.15) is 0 Å². The van der Waals surface area contributed by atoms with Crippen LogP contribution in [0.25, 0.3) is 98.2 Å². The predicted octanol–water partition coefficient (Wildman–Crippen LogP) is 13.9. The van der Waals surface area contributed by atoms with Crippen LogP contribution in [-0.4, -0.2) is 0 Å². The van der Waals surface area contributed by atoms with E-state index < -0.39 is 0 Å². The highest BCUT2D eigenvalue weighted by molar-refractivity contribution is 7.17. The minimum absolute atomic E-state index is 1.01. The molecule has 0 bridgehead atoms. The summed E-state index contributed by atoms with van der Waals surface area (Å²) in [4.78, 5) is 0. The van der Waals surface area contributed by atoms with Crippen molar-refractivity contribution in [1.82, 2.24) is 0 Å². The molecule has 0 nitrogen and oxygen atoms in total. The molecular weight excluding hydrogens is 681 g/mol. The number of thiophene rings is 1. The van der Waals surface area contributed by atoms with Crippen molar-refractivity contribution in [2.75, 3.05) is 0 Å². The molecule has 11 rings (SSSR count). The third-order valence-electron chi connectivity index (χ3n) is 12.0. The van der Waals surface area contributed by atoms with Gasteiger partial charge in [0.2, 0.25) is 0 Å². The largest absolute Gasteiger partial charge is 0.135 e. The van der Waals surface area contributed by atoms with Gasteiger partial charge < -0.3 is 0 Å². The number of rotatable bonds is 4. The van der Waals surface area contributed by atoms with Crippen LogP contribution in [0.1, 0.15) is 29.5 Å². The lowest BCUT2D eigenvalue weighted by atomic mass is 9.81. The maximum absolute atomic E-state index is 2.50. The SMILES string of the molecule is Cc1cccc(C)c1-c1c2ccccc2c(C2=c3c(sc4c(-c5c6ccccc6c(-c6ccccc6)c6ccccc56)cccc34)=CCC2)c2ccccc12. The Balaban J connectivity index is 1.26. The molecule has 1 aromatic heterocycles. The van der Waals surface area contributed by atoms with E-state index in [1.807, 2.05) is 11.3 Å². The van der Waals surface area contributed by atoms with Gasteiger partial charge in [0.05, 0.1) is 0 Å². The molecule has 1 aliphatic carbocycles. The van der Waals surface area contributed by atoms with Crippen molar-refractivity contribution in [3.8, 4) is 33.4 Å². The summed E-state index contributed by atoms with van der Waals surface area (Å²) in [6.45, 7) is 4.52. The van der Waals surface area contributed by atoms with Crippen molar-refractivity contribution in [3.63, 3.8) is 0 Å². The molecule has 0 saturated heterocycles. The van der Waals surface area contributed by atoms with Gasteiger partial charge in [-0.1, -0.05) is 170 Å². The first-order valence-corrected chi connectivity index (χ1v) is 20.2. The van der Waals surface area contributed by atoms with Gasteiger partial charge in [0.15, 0.2) is 0 Å². The summed E-state index contributed by atoms with van der Waals surface area (Å²) in [6, 6.07) is 61.0. The minimum Gasteiger partial charge on any atom is -0.135 e. The number of hydrogen-bond acceptors (Lipinski definition) is 1. The Morgan fingerprint density at radius 2 is 0.836 bits per heavy atom. The van der Waals surface area contributed by atoms with E-state index in [-0.39, 0.29) is 0 Å². The molecule has 0 radical (unpaired) electrons. The van der Waals surface area contributed by atoms with Crippen LogP contribution in [0.4, 0.5) is 0 Å². The maximum atomic E-state index is 2.50. The van der Waals surface area contributed by atoms with E-state index in [9.17, 15) is 0 Å². The number of benzene rings is 9. The van der Waals surface area contributed by atoms with Crippen LogP contribution in [0, 0.1) is 13.8 Å². The van der Waals surface area contributed by atoms with Gasteiger partial charge in [0.1, 0.15) is 0 Å². The molecule has 0 saturated carbocycles. The Bertz CT molecular complexity index is 3190. The van der Waals surface area contributed by atoms with Crippen LogP contribution in [0.3, 0.4) is 0 Å². The van der Waals surface area contributed by atoms with E-state index in [0.717, 1.165) is 12.8 Å². The van der Waals surface area contributed by atoms with Gasteiger partial charge >= 0.3 is 0 Å². The summed E-state index contributed by atoms with van der Waals surface area (Å²) >= 11 is 1.98. The molecule has 0 fully saturated rings. The van der Waals surface area contributed by atoms with Gasteiger partial charge in [-0.05, 0) is 120 Å². The van der Waals surface area contributed by atoms with Crippen LogP contribution in [-0.2, 0) is 0 Å². The molecular formula is C54H38S. The van der Waals surface area contributed by atoms with Crippen molar-refractivity contribution in [2.45, 2.75) is 26.7 Å². The second-order valence-corrected chi connectivity index (χ2v) is 16.1. The van der Waals surface area contributed by atoms with Crippen molar-refractivity contribution in [3.05, 3.63) is 190 Å². The van der Waals surface area contributed by atoms with Gasteiger partial charge in [-0.15, -0.1) is 11.3 Å². The normalized spacial score (nSPS) is 12.9. The monoisotopic (exact) mass is 718 g/mol. The quantitative estimate of drug-likeness (QED) is 0.159. The van der Waals surface area contributed by atoms with Crippen LogP contribution >= 0.6 is 11.3 Å². The molecule has 0 unspecified atom stereocenters.